The van der Waals surface area contributed by atoms with Crippen molar-refractivity contribution in [1.82, 2.24) is 4.90 Å². The SMILES string of the molecule is CCCCCCCC(O)C1(N(C)C)CCCC(C)C1. The number of unbranched alkanes of at least 4 members (excludes halogenated alkanes) is 4. The van der Waals surface area contributed by atoms with E-state index in [-0.39, 0.29) is 11.6 Å². The van der Waals surface area contributed by atoms with Crippen LogP contribution in [0.5, 0.6) is 0 Å². The van der Waals surface area contributed by atoms with Crippen LogP contribution in [0.3, 0.4) is 0 Å². The quantitative estimate of drug-likeness (QED) is 0.667. The van der Waals surface area contributed by atoms with Crippen molar-refractivity contribution in [2.45, 2.75) is 89.7 Å². The number of rotatable bonds is 8. The summed E-state index contributed by atoms with van der Waals surface area (Å²) in [4.78, 5) is 2.30. The smallest absolute Gasteiger partial charge is 0.0723 e. The maximum Gasteiger partial charge on any atom is 0.0723 e. The molecule has 0 radical (unpaired) electrons. The zero-order chi connectivity index (χ0) is 14.3. The molecule has 114 valence electrons. The van der Waals surface area contributed by atoms with E-state index < -0.39 is 0 Å². The van der Waals surface area contributed by atoms with Crippen molar-refractivity contribution in [1.29, 1.82) is 0 Å². The zero-order valence-electron chi connectivity index (χ0n) is 13.6. The number of aliphatic hydroxyl groups excluding tert-OH is 1. The molecule has 0 heterocycles. The highest BCUT2D eigenvalue weighted by atomic mass is 16.3. The van der Waals surface area contributed by atoms with Crippen LogP contribution >= 0.6 is 0 Å². The normalized spacial score (nSPS) is 29.7. The Bertz CT molecular complexity index is 241. The summed E-state index contributed by atoms with van der Waals surface area (Å²) in [7, 11) is 4.30. The lowest BCUT2D eigenvalue weighted by molar-refractivity contribution is -0.0476. The summed E-state index contributed by atoms with van der Waals surface area (Å²) in [6.07, 6.45) is 12.2. The first kappa shape index (κ1) is 17.0. The molecule has 0 aromatic carbocycles. The monoisotopic (exact) mass is 269 g/mol. The van der Waals surface area contributed by atoms with Gasteiger partial charge in [-0.3, -0.25) is 0 Å². The van der Waals surface area contributed by atoms with Crippen molar-refractivity contribution < 1.29 is 5.11 Å². The van der Waals surface area contributed by atoms with Gasteiger partial charge in [-0.25, -0.2) is 0 Å². The molecule has 2 heteroatoms. The standard InChI is InChI=1S/C17H35NO/c1-5-6-7-8-9-12-16(19)17(18(3)4)13-10-11-15(2)14-17/h15-16,19H,5-14H2,1-4H3. The predicted octanol–water partition coefficient (Wildman–Crippen LogP) is 4.22. The Morgan fingerprint density at radius 3 is 2.47 bits per heavy atom. The Morgan fingerprint density at radius 1 is 1.21 bits per heavy atom. The van der Waals surface area contributed by atoms with Gasteiger partial charge >= 0.3 is 0 Å². The third kappa shape index (κ3) is 4.75. The van der Waals surface area contributed by atoms with E-state index >= 15 is 0 Å². The summed E-state index contributed by atoms with van der Waals surface area (Å²) in [5.41, 5.74) is 0.0441. The van der Waals surface area contributed by atoms with E-state index in [1.54, 1.807) is 0 Å². The topological polar surface area (TPSA) is 23.5 Å². The van der Waals surface area contributed by atoms with E-state index in [9.17, 15) is 5.11 Å². The average Bonchev–Trinajstić information content (AvgIpc) is 2.37. The fourth-order valence-corrected chi connectivity index (χ4v) is 3.78. The Hall–Kier alpha value is -0.0800. The van der Waals surface area contributed by atoms with Gasteiger partial charge in [-0.2, -0.15) is 0 Å². The van der Waals surface area contributed by atoms with Crippen LogP contribution in [0.25, 0.3) is 0 Å². The molecule has 0 saturated heterocycles. The summed E-state index contributed by atoms with van der Waals surface area (Å²) in [5.74, 6) is 0.755. The van der Waals surface area contributed by atoms with Gasteiger partial charge in [-0.05, 0) is 39.3 Å². The Morgan fingerprint density at radius 2 is 1.89 bits per heavy atom. The molecule has 19 heavy (non-hydrogen) atoms. The minimum absolute atomic E-state index is 0.0441. The van der Waals surface area contributed by atoms with Crippen LogP contribution in [0.4, 0.5) is 0 Å². The van der Waals surface area contributed by atoms with Crippen LogP contribution in [0.1, 0.15) is 78.1 Å². The predicted molar refractivity (Wildman–Crippen MR) is 83.4 cm³/mol. The molecule has 2 nitrogen and oxygen atoms in total. The second-order valence-corrected chi connectivity index (χ2v) is 6.92. The first-order valence-electron chi connectivity index (χ1n) is 8.38. The molecule has 0 bridgehead atoms. The molecule has 1 fully saturated rings. The first-order valence-corrected chi connectivity index (χ1v) is 8.38. The Labute approximate surface area is 120 Å². The van der Waals surface area contributed by atoms with Gasteiger partial charge in [0.15, 0.2) is 0 Å². The molecule has 0 aliphatic heterocycles. The summed E-state index contributed by atoms with van der Waals surface area (Å²) in [6, 6.07) is 0. The van der Waals surface area contributed by atoms with Crippen molar-refractivity contribution in [2.75, 3.05) is 14.1 Å². The summed E-state index contributed by atoms with van der Waals surface area (Å²) < 4.78 is 0. The van der Waals surface area contributed by atoms with Crippen LogP contribution in [0, 0.1) is 5.92 Å². The average molecular weight is 269 g/mol. The second kappa shape index (κ2) is 8.26. The molecular formula is C17H35NO. The van der Waals surface area contributed by atoms with Crippen LogP contribution in [-0.4, -0.2) is 35.7 Å². The summed E-state index contributed by atoms with van der Waals surface area (Å²) >= 11 is 0. The van der Waals surface area contributed by atoms with E-state index in [4.69, 9.17) is 0 Å². The summed E-state index contributed by atoms with van der Waals surface area (Å²) in [5, 5.41) is 10.7. The van der Waals surface area contributed by atoms with Gasteiger partial charge in [-0.15, -0.1) is 0 Å². The fourth-order valence-electron chi connectivity index (χ4n) is 3.78. The maximum absolute atomic E-state index is 10.7. The van der Waals surface area contributed by atoms with Crippen LogP contribution in [-0.2, 0) is 0 Å². The number of hydrogen-bond donors (Lipinski definition) is 1. The van der Waals surface area contributed by atoms with Crippen molar-refractivity contribution >= 4 is 0 Å². The molecule has 0 aromatic rings. The van der Waals surface area contributed by atoms with Gasteiger partial charge in [0.2, 0.25) is 0 Å². The highest BCUT2D eigenvalue weighted by molar-refractivity contribution is 4.98. The molecular weight excluding hydrogens is 234 g/mol. The number of hydrogen-bond acceptors (Lipinski definition) is 2. The Balaban J connectivity index is 2.46. The third-order valence-corrected chi connectivity index (χ3v) is 5.10. The van der Waals surface area contributed by atoms with E-state index in [1.807, 2.05) is 0 Å². The summed E-state index contributed by atoms with van der Waals surface area (Å²) in [6.45, 7) is 4.59. The van der Waals surface area contributed by atoms with E-state index in [0.717, 1.165) is 18.8 Å². The van der Waals surface area contributed by atoms with Gasteiger partial charge in [0.1, 0.15) is 0 Å². The molecule has 1 saturated carbocycles. The molecule has 3 atom stereocenters. The van der Waals surface area contributed by atoms with Crippen LogP contribution < -0.4 is 0 Å². The molecule has 1 rings (SSSR count). The highest BCUT2D eigenvalue weighted by Crippen LogP contribution is 2.39. The lowest BCUT2D eigenvalue weighted by Gasteiger charge is -2.48. The van der Waals surface area contributed by atoms with Gasteiger partial charge in [0.25, 0.3) is 0 Å². The van der Waals surface area contributed by atoms with Crippen molar-refractivity contribution in [3.63, 3.8) is 0 Å². The van der Waals surface area contributed by atoms with E-state index in [1.165, 1.54) is 51.4 Å². The van der Waals surface area contributed by atoms with Crippen molar-refractivity contribution in [3.8, 4) is 0 Å². The minimum Gasteiger partial charge on any atom is -0.391 e. The second-order valence-electron chi connectivity index (χ2n) is 6.92. The lowest BCUT2D eigenvalue weighted by Crippen LogP contribution is -2.56. The largest absolute Gasteiger partial charge is 0.391 e. The first-order chi connectivity index (χ1) is 9.03. The van der Waals surface area contributed by atoms with Gasteiger partial charge in [-0.1, -0.05) is 58.8 Å². The van der Waals surface area contributed by atoms with E-state index in [2.05, 4.69) is 32.8 Å². The molecule has 1 aliphatic carbocycles. The number of aliphatic hydroxyl groups is 1. The maximum atomic E-state index is 10.7. The van der Waals surface area contributed by atoms with Crippen molar-refractivity contribution in [3.05, 3.63) is 0 Å². The van der Waals surface area contributed by atoms with Gasteiger partial charge < -0.3 is 10.0 Å². The Kier molecular flexibility index (Phi) is 7.38. The van der Waals surface area contributed by atoms with Crippen LogP contribution in [0.15, 0.2) is 0 Å². The number of nitrogens with zero attached hydrogens (tertiary/aromatic N) is 1. The molecule has 0 aromatic heterocycles. The third-order valence-electron chi connectivity index (χ3n) is 5.10. The minimum atomic E-state index is -0.146. The number of likely N-dealkylation sites (N-methyl/N-ethyl adjacent to an activating group) is 1. The fraction of sp³-hybridized carbons (Fsp3) is 1.00. The zero-order valence-corrected chi connectivity index (χ0v) is 13.6. The highest BCUT2D eigenvalue weighted by Gasteiger charge is 2.42. The molecule has 0 spiro atoms. The molecule has 1 N–H and O–H groups in total. The molecule has 3 unspecified atom stereocenters. The molecule has 0 amide bonds. The van der Waals surface area contributed by atoms with Gasteiger partial charge in [0, 0.05) is 5.54 Å². The van der Waals surface area contributed by atoms with Gasteiger partial charge in [0.05, 0.1) is 6.10 Å². The lowest BCUT2D eigenvalue weighted by atomic mass is 9.71. The van der Waals surface area contributed by atoms with Crippen molar-refractivity contribution in [2.24, 2.45) is 5.92 Å². The van der Waals surface area contributed by atoms with E-state index in [0.29, 0.717) is 0 Å². The van der Waals surface area contributed by atoms with Crippen LogP contribution in [0.2, 0.25) is 0 Å². The molecule has 1 aliphatic rings.